The molecule has 1 N–H and O–H groups in total. The van der Waals surface area contributed by atoms with Gasteiger partial charge in [0.2, 0.25) is 0 Å². The molecular formula is C12H23FN2O. The van der Waals surface area contributed by atoms with Gasteiger partial charge in [0.05, 0.1) is 6.10 Å². The topological polar surface area (TPSA) is 26.7 Å². The molecule has 2 saturated heterocycles. The standard InChI is InChI=1S/C12H23FN2O/c1-9(2)15-10-3-4-11(15)7-14(6-10)8-12(16)5-13/h9-12,16H,3-8H2,1-2H3. The van der Waals surface area contributed by atoms with E-state index in [-0.39, 0.29) is 0 Å². The van der Waals surface area contributed by atoms with E-state index < -0.39 is 12.8 Å². The van der Waals surface area contributed by atoms with Crippen molar-refractivity contribution in [3.05, 3.63) is 0 Å². The van der Waals surface area contributed by atoms with Gasteiger partial charge in [-0.1, -0.05) is 0 Å². The van der Waals surface area contributed by atoms with E-state index >= 15 is 0 Å². The van der Waals surface area contributed by atoms with Gasteiger partial charge in [0.1, 0.15) is 6.67 Å². The molecular weight excluding hydrogens is 207 g/mol. The highest BCUT2D eigenvalue weighted by atomic mass is 19.1. The van der Waals surface area contributed by atoms with E-state index in [0.717, 1.165) is 13.1 Å². The van der Waals surface area contributed by atoms with Crippen LogP contribution < -0.4 is 0 Å². The molecule has 0 aromatic carbocycles. The monoisotopic (exact) mass is 230 g/mol. The summed E-state index contributed by atoms with van der Waals surface area (Å²) in [4.78, 5) is 4.82. The summed E-state index contributed by atoms with van der Waals surface area (Å²) in [6.07, 6.45) is 1.71. The SMILES string of the molecule is CC(C)N1C2CCC1CN(CC(O)CF)C2. The number of piperazine rings is 1. The van der Waals surface area contributed by atoms with E-state index in [1.165, 1.54) is 12.8 Å². The van der Waals surface area contributed by atoms with Crippen molar-refractivity contribution in [2.24, 2.45) is 0 Å². The fourth-order valence-corrected chi connectivity index (χ4v) is 3.36. The quantitative estimate of drug-likeness (QED) is 0.776. The number of nitrogens with zero attached hydrogens (tertiary/aromatic N) is 2. The summed E-state index contributed by atoms with van der Waals surface area (Å²) in [5, 5.41) is 9.35. The lowest BCUT2D eigenvalue weighted by Gasteiger charge is -2.43. The lowest BCUT2D eigenvalue weighted by atomic mass is 10.1. The summed E-state index contributed by atoms with van der Waals surface area (Å²) in [5.41, 5.74) is 0. The fourth-order valence-electron chi connectivity index (χ4n) is 3.36. The molecule has 0 aliphatic carbocycles. The number of likely N-dealkylation sites (tertiary alicyclic amines) is 1. The highest BCUT2D eigenvalue weighted by Crippen LogP contribution is 2.31. The van der Waals surface area contributed by atoms with E-state index in [4.69, 9.17) is 0 Å². The fraction of sp³-hybridized carbons (Fsp3) is 1.00. The Hall–Kier alpha value is -0.190. The minimum absolute atomic E-state index is 0.495. The second-order valence-corrected chi connectivity index (χ2v) is 5.45. The van der Waals surface area contributed by atoms with Gasteiger partial charge < -0.3 is 5.11 Å². The lowest BCUT2D eigenvalue weighted by Crippen LogP contribution is -2.57. The summed E-state index contributed by atoms with van der Waals surface area (Å²) < 4.78 is 12.3. The van der Waals surface area contributed by atoms with Gasteiger partial charge in [-0.05, 0) is 26.7 Å². The summed E-state index contributed by atoms with van der Waals surface area (Å²) in [6.45, 7) is 6.35. The number of β-amino-alcohol motifs (C(OH)–C–C–N with tert-alkyl or cyclic N) is 1. The Bertz CT molecular complexity index is 223. The van der Waals surface area contributed by atoms with Gasteiger partial charge in [-0.25, -0.2) is 4.39 Å². The van der Waals surface area contributed by atoms with Gasteiger partial charge in [-0.2, -0.15) is 0 Å². The van der Waals surface area contributed by atoms with Crippen molar-refractivity contribution in [2.75, 3.05) is 26.3 Å². The molecule has 94 valence electrons. The van der Waals surface area contributed by atoms with Gasteiger partial charge in [0, 0.05) is 37.8 Å². The van der Waals surface area contributed by atoms with Gasteiger partial charge in [-0.3, -0.25) is 9.80 Å². The molecule has 3 nitrogen and oxygen atoms in total. The van der Waals surface area contributed by atoms with Crippen LogP contribution in [0.5, 0.6) is 0 Å². The molecule has 3 unspecified atom stereocenters. The maximum absolute atomic E-state index is 12.3. The number of hydrogen-bond donors (Lipinski definition) is 1. The van der Waals surface area contributed by atoms with Crippen LogP contribution in [0.4, 0.5) is 4.39 Å². The first-order valence-electron chi connectivity index (χ1n) is 6.35. The Kier molecular flexibility index (Phi) is 3.82. The van der Waals surface area contributed by atoms with Crippen LogP contribution in [-0.4, -0.2) is 65.4 Å². The van der Waals surface area contributed by atoms with Crippen molar-refractivity contribution >= 4 is 0 Å². The van der Waals surface area contributed by atoms with Crippen LogP contribution in [0.1, 0.15) is 26.7 Å². The molecule has 0 aromatic rings. The zero-order chi connectivity index (χ0) is 11.7. The van der Waals surface area contributed by atoms with Gasteiger partial charge >= 0.3 is 0 Å². The van der Waals surface area contributed by atoms with Crippen LogP contribution in [0.15, 0.2) is 0 Å². The zero-order valence-electron chi connectivity index (χ0n) is 10.3. The maximum Gasteiger partial charge on any atom is 0.117 e. The van der Waals surface area contributed by atoms with Crippen molar-refractivity contribution in [1.29, 1.82) is 0 Å². The Labute approximate surface area is 97.2 Å². The van der Waals surface area contributed by atoms with Crippen LogP contribution in [-0.2, 0) is 0 Å². The predicted molar refractivity (Wildman–Crippen MR) is 62.2 cm³/mol. The molecule has 2 aliphatic rings. The van der Waals surface area contributed by atoms with Crippen LogP contribution in [0.3, 0.4) is 0 Å². The van der Waals surface area contributed by atoms with Crippen molar-refractivity contribution < 1.29 is 9.50 Å². The average molecular weight is 230 g/mol. The molecule has 2 aliphatic heterocycles. The second kappa shape index (κ2) is 4.98. The lowest BCUT2D eigenvalue weighted by molar-refractivity contribution is 0.0140. The van der Waals surface area contributed by atoms with Crippen LogP contribution >= 0.6 is 0 Å². The Morgan fingerprint density at radius 1 is 1.25 bits per heavy atom. The number of alkyl halides is 1. The molecule has 2 bridgehead atoms. The maximum atomic E-state index is 12.3. The third-order valence-electron chi connectivity index (χ3n) is 3.86. The molecule has 0 spiro atoms. The zero-order valence-corrected chi connectivity index (χ0v) is 10.3. The first-order chi connectivity index (χ1) is 7.61. The first-order valence-corrected chi connectivity index (χ1v) is 6.35. The molecule has 0 aromatic heterocycles. The van der Waals surface area contributed by atoms with Crippen molar-refractivity contribution in [3.8, 4) is 0 Å². The van der Waals surface area contributed by atoms with E-state index in [1.54, 1.807) is 0 Å². The molecule has 4 heteroatoms. The Morgan fingerprint density at radius 3 is 2.25 bits per heavy atom. The first kappa shape index (κ1) is 12.3. The van der Waals surface area contributed by atoms with Crippen molar-refractivity contribution in [3.63, 3.8) is 0 Å². The summed E-state index contributed by atoms with van der Waals surface area (Å²) in [5.74, 6) is 0. The molecule has 0 radical (unpaired) electrons. The molecule has 16 heavy (non-hydrogen) atoms. The molecule has 2 fully saturated rings. The van der Waals surface area contributed by atoms with Gasteiger partial charge in [-0.15, -0.1) is 0 Å². The van der Waals surface area contributed by atoms with Crippen LogP contribution in [0.25, 0.3) is 0 Å². The van der Waals surface area contributed by atoms with Crippen LogP contribution in [0, 0.1) is 0 Å². The summed E-state index contributed by atoms with van der Waals surface area (Å²) in [6, 6.07) is 1.84. The Balaban J connectivity index is 1.92. The largest absolute Gasteiger partial charge is 0.389 e. The third kappa shape index (κ3) is 2.39. The second-order valence-electron chi connectivity index (χ2n) is 5.45. The Morgan fingerprint density at radius 2 is 1.81 bits per heavy atom. The van der Waals surface area contributed by atoms with E-state index in [0.29, 0.717) is 24.7 Å². The number of hydrogen-bond acceptors (Lipinski definition) is 3. The third-order valence-corrected chi connectivity index (χ3v) is 3.86. The summed E-state index contributed by atoms with van der Waals surface area (Å²) in [7, 11) is 0. The van der Waals surface area contributed by atoms with Crippen LogP contribution in [0.2, 0.25) is 0 Å². The van der Waals surface area contributed by atoms with Crippen molar-refractivity contribution in [1.82, 2.24) is 9.80 Å². The van der Waals surface area contributed by atoms with E-state index in [2.05, 4.69) is 23.6 Å². The molecule has 2 rings (SSSR count). The predicted octanol–water partition coefficient (Wildman–Crippen LogP) is 0.874. The number of rotatable bonds is 4. The molecule has 0 amide bonds. The van der Waals surface area contributed by atoms with Gasteiger partial charge in [0.25, 0.3) is 0 Å². The smallest absolute Gasteiger partial charge is 0.117 e. The minimum atomic E-state index is -0.801. The normalized spacial score (nSPS) is 33.6. The van der Waals surface area contributed by atoms with Gasteiger partial charge in [0.15, 0.2) is 0 Å². The summed E-state index contributed by atoms with van der Waals surface area (Å²) >= 11 is 0. The molecule has 3 atom stereocenters. The highest BCUT2D eigenvalue weighted by Gasteiger charge is 2.40. The molecule has 2 heterocycles. The van der Waals surface area contributed by atoms with E-state index in [9.17, 15) is 9.50 Å². The van der Waals surface area contributed by atoms with Crippen molar-refractivity contribution in [2.45, 2.75) is 50.9 Å². The number of fused-ring (bicyclic) bond motifs is 2. The highest BCUT2D eigenvalue weighted by molar-refractivity contribution is 4.97. The number of aliphatic hydroxyl groups is 1. The number of aliphatic hydroxyl groups excluding tert-OH is 1. The minimum Gasteiger partial charge on any atom is -0.389 e. The molecule has 0 saturated carbocycles. The average Bonchev–Trinajstić information content (AvgIpc) is 2.51. The van der Waals surface area contributed by atoms with E-state index in [1.807, 2.05) is 0 Å². The number of halogens is 1.